The van der Waals surface area contributed by atoms with Crippen LogP contribution in [0.5, 0.6) is 0 Å². The third-order valence-corrected chi connectivity index (χ3v) is 10.6. The first-order valence-corrected chi connectivity index (χ1v) is 12.7. The molecule has 0 bridgehead atoms. The normalized spacial score (nSPS) is 46.8. The molecule has 4 rings (SSSR count). The Balaban J connectivity index is 1.53. The lowest BCUT2D eigenvalue weighted by molar-refractivity contribution is -0.0540. The second-order valence-corrected chi connectivity index (χ2v) is 12.2. The number of fused-ring (bicyclic) bond motifs is 5. The van der Waals surface area contributed by atoms with Gasteiger partial charge in [-0.3, -0.25) is 0 Å². The molecule has 0 spiro atoms. The molecule has 7 unspecified atom stereocenters. The lowest BCUT2D eigenvalue weighted by atomic mass is 9.47. The van der Waals surface area contributed by atoms with Crippen LogP contribution in [0.3, 0.4) is 0 Å². The highest BCUT2D eigenvalue weighted by molar-refractivity contribution is 5.25. The van der Waals surface area contributed by atoms with Crippen molar-refractivity contribution >= 4 is 0 Å². The lowest BCUT2D eigenvalue weighted by Crippen LogP contribution is -2.50. The number of rotatable bonds is 4. The Morgan fingerprint density at radius 1 is 0.966 bits per heavy atom. The fourth-order valence-corrected chi connectivity index (χ4v) is 8.25. The van der Waals surface area contributed by atoms with Gasteiger partial charge in [-0.25, -0.2) is 0 Å². The van der Waals surface area contributed by atoms with Gasteiger partial charge in [0.25, 0.3) is 0 Å². The van der Waals surface area contributed by atoms with Gasteiger partial charge >= 0.3 is 0 Å². The summed E-state index contributed by atoms with van der Waals surface area (Å²) in [6.07, 6.45) is 17.7. The zero-order valence-corrected chi connectivity index (χ0v) is 20.0. The molecule has 0 aromatic heterocycles. The van der Waals surface area contributed by atoms with Gasteiger partial charge < -0.3 is 5.11 Å². The summed E-state index contributed by atoms with van der Waals surface area (Å²) in [4.78, 5) is 0. The van der Waals surface area contributed by atoms with Gasteiger partial charge in [-0.1, -0.05) is 65.3 Å². The molecule has 9 atom stereocenters. The van der Waals surface area contributed by atoms with Crippen molar-refractivity contribution in [2.45, 2.75) is 99.0 Å². The summed E-state index contributed by atoms with van der Waals surface area (Å²) >= 11 is 0. The van der Waals surface area contributed by atoms with Gasteiger partial charge in [-0.15, -0.1) is 0 Å². The first-order valence-electron chi connectivity index (χ1n) is 12.7. The standard InChI is InChI=1S/C28H46O/c1-18(2)19(3)7-8-20(4)24-11-12-25-23-10-9-21-17-22(29)13-15-27(21,5)26(23)14-16-28(24,25)6/h7-9,18-20,22-26,29H,10-17H2,1-6H3/b8-7+/t19-,20?,22-,23?,24?,25?,26?,27?,28?/m0/s1. The summed E-state index contributed by atoms with van der Waals surface area (Å²) < 4.78 is 0. The van der Waals surface area contributed by atoms with E-state index in [9.17, 15) is 5.11 Å². The fourth-order valence-electron chi connectivity index (χ4n) is 8.25. The van der Waals surface area contributed by atoms with Gasteiger partial charge in [0.15, 0.2) is 0 Å². The van der Waals surface area contributed by atoms with E-state index in [1.54, 1.807) is 5.57 Å². The van der Waals surface area contributed by atoms with Crippen molar-refractivity contribution in [3.8, 4) is 0 Å². The van der Waals surface area contributed by atoms with Crippen LogP contribution < -0.4 is 0 Å². The van der Waals surface area contributed by atoms with Gasteiger partial charge in [-0.2, -0.15) is 0 Å². The number of hydrogen-bond donors (Lipinski definition) is 1. The van der Waals surface area contributed by atoms with Crippen LogP contribution in [0.4, 0.5) is 0 Å². The van der Waals surface area contributed by atoms with Crippen LogP contribution >= 0.6 is 0 Å². The van der Waals surface area contributed by atoms with Crippen LogP contribution in [0.1, 0.15) is 92.9 Å². The van der Waals surface area contributed by atoms with Crippen LogP contribution in [-0.4, -0.2) is 11.2 Å². The van der Waals surface area contributed by atoms with Crippen molar-refractivity contribution in [1.29, 1.82) is 0 Å². The van der Waals surface area contributed by atoms with Crippen molar-refractivity contribution in [3.63, 3.8) is 0 Å². The highest BCUT2D eigenvalue weighted by atomic mass is 16.3. The first kappa shape index (κ1) is 21.7. The van der Waals surface area contributed by atoms with Gasteiger partial charge in [-0.05, 0) is 104 Å². The first-order chi connectivity index (χ1) is 13.7. The maximum Gasteiger partial charge on any atom is 0.0577 e. The summed E-state index contributed by atoms with van der Waals surface area (Å²) in [7, 11) is 0. The molecular weight excluding hydrogens is 352 g/mol. The molecule has 0 saturated heterocycles. The minimum atomic E-state index is -0.0866. The highest BCUT2D eigenvalue weighted by Crippen LogP contribution is 2.67. The number of aliphatic hydroxyl groups excluding tert-OH is 1. The Kier molecular flexibility index (Phi) is 5.86. The summed E-state index contributed by atoms with van der Waals surface area (Å²) in [5.41, 5.74) is 2.51. The Bertz CT molecular complexity index is 659. The molecule has 1 nitrogen and oxygen atoms in total. The molecule has 4 aliphatic rings. The molecule has 0 aromatic rings. The highest BCUT2D eigenvalue weighted by Gasteiger charge is 2.58. The van der Waals surface area contributed by atoms with Crippen LogP contribution in [-0.2, 0) is 0 Å². The molecule has 3 fully saturated rings. The summed E-state index contributed by atoms with van der Waals surface area (Å²) in [6, 6.07) is 0. The maximum atomic E-state index is 10.2. The fraction of sp³-hybridized carbons (Fsp3) is 0.857. The summed E-state index contributed by atoms with van der Waals surface area (Å²) in [5, 5.41) is 10.2. The van der Waals surface area contributed by atoms with E-state index < -0.39 is 0 Å². The van der Waals surface area contributed by atoms with E-state index in [0.717, 1.165) is 42.4 Å². The summed E-state index contributed by atoms with van der Waals surface area (Å²) in [6.45, 7) is 14.7. The average molecular weight is 399 g/mol. The smallest absolute Gasteiger partial charge is 0.0577 e. The van der Waals surface area contributed by atoms with Crippen molar-refractivity contribution < 1.29 is 5.11 Å². The van der Waals surface area contributed by atoms with Gasteiger partial charge in [0.05, 0.1) is 6.10 Å². The van der Waals surface area contributed by atoms with Crippen LogP contribution in [0.25, 0.3) is 0 Å². The second kappa shape index (κ2) is 7.85. The molecular formula is C28H46O. The monoisotopic (exact) mass is 398 g/mol. The Morgan fingerprint density at radius 2 is 1.72 bits per heavy atom. The molecule has 0 amide bonds. The average Bonchev–Trinajstić information content (AvgIpc) is 3.03. The van der Waals surface area contributed by atoms with Crippen LogP contribution in [0.15, 0.2) is 23.8 Å². The molecule has 164 valence electrons. The predicted octanol–water partition coefficient (Wildman–Crippen LogP) is 7.41. The SMILES string of the molecule is CC(/C=C/[C@H](C)C(C)C)C1CCC2C3CC=C4C[C@@H](O)CCC4(C)C3CCC12C. The van der Waals surface area contributed by atoms with Crippen molar-refractivity contribution in [2.24, 2.45) is 52.3 Å². The third-order valence-electron chi connectivity index (χ3n) is 10.6. The minimum absolute atomic E-state index is 0.0866. The molecule has 4 aliphatic carbocycles. The molecule has 0 aliphatic heterocycles. The largest absolute Gasteiger partial charge is 0.393 e. The molecule has 0 radical (unpaired) electrons. The number of aliphatic hydroxyl groups is 1. The maximum absolute atomic E-state index is 10.2. The molecule has 3 saturated carbocycles. The predicted molar refractivity (Wildman–Crippen MR) is 124 cm³/mol. The van der Waals surface area contributed by atoms with E-state index in [1.807, 2.05) is 0 Å². The Labute approximate surface area is 180 Å². The molecule has 1 N–H and O–H groups in total. The minimum Gasteiger partial charge on any atom is -0.393 e. The molecule has 1 heteroatoms. The van der Waals surface area contributed by atoms with Crippen LogP contribution in [0, 0.1) is 52.3 Å². The van der Waals surface area contributed by atoms with E-state index in [4.69, 9.17) is 0 Å². The van der Waals surface area contributed by atoms with Crippen LogP contribution in [0.2, 0.25) is 0 Å². The van der Waals surface area contributed by atoms with Crippen molar-refractivity contribution in [3.05, 3.63) is 23.8 Å². The molecule has 29 heavy (non-hydrogen) atoms. The topological polar surface area (TPSA) is 20.2 Å². The number of hydrogen-bond acceptors (Lipinski definition) is 1. The van der Waals surface area contributed by atoms with E-state index in [0.29, 0.717) is 22.7 Å². The summed E-state index contributed by atoms with van der Waals surface area (Å²) in [5.74, 6) is 5.63. The quantitative estimate of drug-likeness (QED) is 0.489. The van der Waals surface area contributed by atoms with Gasteiger partial charge in [0.1, 0.15) is 0 Å². The third kappa shape index (κ3) is 3.58. The Morgan fingerprint density at radius 3 is 2.45 bits per heavy atom. The Hall–Kier alpha value is -0.560. The molecule has 0 heterocycles. The van der Waals surface area contributed by atoms with Crippen molar-refractivity contribution in [1.82, 2.24) is 0 Å². The van der Waals surface area contributed by atoms with E-state index in [1.165, 1.54) is 38.5 Å². The zero-order valence-electron chi connectivity index (χ0n) is 20.0. The van der Waals surface area contributed by atoms with Crippen molar-refractivity contribution in [2.75, 3.05) is 0 Å². The molecule has 0 aromatic carbocycles. The zero-order chi connectivity index (χ0) is 21.0. The number of allylic oxidation sites excluding steroid dienone is 3. The van der Waals surface area contributed by atoms with E-state index in [-0.39, 0.29) is 6.10 Å². The van der Waals surface area contributed by atoms with Gasteiger partial charge in [0.2, 0.25) is 0 Å². The lowest BCUT2D eigenvalue weighted by Gasteiger charge is -2.58. The van der Waals surface area contributed by atoms with Gasteiger partial charge in [0, 0.05) is 0 Å². The van der Waals surface area contributed by atoms with E-state index >= 15 is 0 Å². The van der Waals surface area contributed by atoms with E-state index in [2.05, 4.69) is 59.8 Å². The second-order valence-electron chi connectivity index (χ2n) is 12.2.